The van der Waals surface area contributed by atoms with Gasteiger partial charge in [0, 0.05) is 6.08 Å². The van der Waals surface area contributed by atoms with Crippen LogP contribution in [0.1, 0.15) is 27.2 Å². The highest BCUT2D eigenvalue weighted by Gasteiger charge is 2.16. The SMILES string of the molecule is C=CC(=O)OC(CC)N(CC)CC. The molecule has 0 saturated carbocycles. The minimum Gasteiger partial charge on any atom is -0.443 e. The first kappa shape index (κ1) is 12.2. The highest BCUT2D eigenvalue weighted by atomic mass is 16.6. The van der Waals surface area contributed by atoms with Crippen molar-refractivity contribution in [2.45, 2.75) is 33.4 Å². The number of carbonyl (C=O) groups excluding carboxylic acids is 1. The molecule has 0 aromatic heterocycles. The Kier molecular flexibility index (Phi) is 6.24. The quantitative estimate of drug-likeness (QED) is 0.359. The summed E-state index contributed by atoms with van der Waals surface area (Å²) in [7, 11) is 0. The van der Waals surface area contributed by atoms with E-state index in [0.717, 1.165) is 19.5 Å². The Hall–Kier alpha value is -0.830. The van der Waals surface area contributed by atoms with Gasteiger partial charge in [-0.3, -0.25) is 4.90 Å². The van der Waals surface area contributed by atoms with Crippen LogP contribution in [0.2, 0.25) is 0 Å². The zero-order valence-corrected chi connectivity index (χ0v) is 8.75. The molecule has 3 heteroatoms. The second-order valence-corrected chi connectivity index (χ2v) is 2.73. The summed E-state index contributed by atoms with van der Waals surface area (Å²) in [5.41, 5.74) is 0. The van der Waals surface area contributed by atoms with Crippen LogP contribution in [0.15, 0.2) is 12.7 Å². The van der Waals surface area contributed by atoms with Crippen LogP contribution in [0.4, 0.5) is 0 Å². The first-order chi connectivity index (χ1) is 6.19. The lowest BCUT2D eigenvalue weighted by Gasteiger charge is -2.27. The van der Waals surface area contributed by atoms with E-state index in [2.05, 4.69) is 11.5 Å². The number of nitrogens with zero attached hydrogens (tertiary/aromatic N) is 1. The number of hydrogen-bond donors (Lipinski definition) is 0. The summed E-state index contributed by atoms with van der Waals surface area (Å²) in [5, 5.41) is 0. The minimum absolute atomic E-state index is 0.111. The Morgan fingerprint density at radius 3 is 2.31 bits per heavy atom. The lowest BCUT2D eigenvalue weighted by atomic mass is 10.3. The second-order valence-electron chi connectivity index (χ2n) is 2.73. The van der Waals surface area contributed by atoms with Gasteiger partial charge < -0.3 is 4.74 Å². The van der Waals surface area contributed by atoms with E-state index in [-0.39, 0.29) is 12.2 Å². The Labute approximate surface area is 80.4 Å². The first-order valence-electron chi connectivity index (χ1n) is 4.76. The van der Waals surface area contributed by atoms with Gasteiger partial charge in [0.1, 0.15) is 0 Å². The molecule has 0 aliphatic rings. The largest absolute Gasteiger partial charge is 0.443 e. The van der Waals surface area contributed by atoms with Gasteiger partial charge in [-0.05, 0) is 19.5 Å². The fourth-order valence-electron chi connectivity index (χ4n) is 1.23. The number of rotatable bonds is 6. The molecular weight excluding hydrogens is 166 g/mol. The summed E-state index contributed by atoms with van der Waals surface area (Å²) >= 11 is 0. The molecule has 1 unspecified atom stereocenters. The van der Waals surface area contributed by atoms with Crippen molar-refractivity contribution in [3.8, 4) is 0 Å². The molecule has 1 atom stereocenters. The maximum absolute atomic E-state index is 11.0. The molecule has 0 aliphatic carbocycles. The molecule has 13 heavy (non-hydrogen) atoms. The molecule has 0 spiro atoms. The van der Waals surface area contributed by atoms with E-state index in [4.69, 9.17) is 4.74 Å². The van der Waals surface area contributed by atoms with E-state index in [1.54, 1.807) is 0 Å². The molecule has 0 heterocycles. The van der Waals surface area contributed by atoms with Crippen molar-refractivity contribution < 1.29 is 9.53 Å². The molecule has 0 aliphatic heterocycles. The lowest BCUT2D eigenvalue weighted by molar-refractivity contribution is -0.153. The third-order valence-electron chi connectivity index (χ3n) is 1.99. The van der Waals surface area contributed by atoms with Crippen LogP contribution in [0.5, 0.6) is 0 Å². The summed E-state index contributed by atoms with van der Waals surface area (Å²) in [4.78, 5) is 13.0. The summed E-state index contributed by atoms with van der Waals surface area (Å²) in [6.45, 7) is 11.2. The molecule has 0 aromatic carbocycles. The fourth-order valence-corrected chi connectivity index (χ4v) is 1.23. The number of esters is 1. The van der Waals surface area contributed by atoms with Gasteiger partial charge in [0.25, 0.3) is 0 Å². The van der Waals surface area contributed by atoms with Crippen LogP contribution in [-0.2, 0) is 9.53 Å². The normalized spacial score (nSPS) is 12.6. The van der Waals surface area contributed by atoms with Crippen molar-refractivity contribution in [3.63, 3.8) is 0 Å². The van der Waals surface area contributed by atoms with Crippen molar-refractivity contribution in [1.82, 2.24) is 4.90 Å². The Bertz CT molecular complexity index is 164. The maximum atomic E-state index is 11.0. The van der Waals surface area contributed by atoms with Crippen LogP contribution < -0.4 is 0 Å². The smallest absolute Gasteiger partial charge is 0.331 e. The standard InChI is InChI=1S/C10H19NO2/c1-5-9(11(7-3)8-4)13-10(12)6-2/h6,9H,2,5,7-8H2,1,3-4H3. The minimum atomic E-state index is -0.348. The van der Waals surface area contributed by atoms with Crippen LogP contribution in [-0.4, -0.2) is 30.2 Å². The third kappa shape index (κ3) is 4.08. The molecular formula is C10H19NO2. The van der Waals surface area contributed by atoms with Gasteiger partial charge in [-0.25, -0.2) is 4.79 Å². The van der Waals surface area contributed by atoms with E-state index in [0.29, 0.717) is 0 Å². The van der Waals surface area contributed by atoms with Crippen LogP contribution in [0.3, 0.4) is 0 Å². The van der Waals surface area contributed by atoms with Crippen molar-refractivity contribution >= 4 is 5.97 Å². The zero-order valence-electron chi connectivity index (χ0n) is 8.75. The molecule has 0 amide bonds. The molecule has 0 fully saturated rings. The topological polar surface area (TPSA) is 29.5 Å². The van der Waals surface area contributed by atoms with Gasteiger partial charge in [0.05, 0.1) is 0 Å². The third-order valence-corrected chi connectivity index (χ3v) is 1.99. The molecule has 76 valence electrons. The summed E-state index contributed by atoms with van der Waals surface area (Å²) in [6, 6.07) is 0. The van der Waals surface area contributed by atoms with Crippen molar-refractivity contribution in [1.29, 1.82) is 0 Å². The number of ether oxygens (including phenoxy) is 1. The molecule has 0 N–H and O–H groups in total. The van der Waals surface area contributed by atoms with Crippen LogP contribution in [0, 0.1) is 0 Å². The Balaban J connectivity index is 4.14. The van der Waals surface area contributed by atoms with Gasteiger partial charge in [-0.15, -0.1) is 0 Å². The van der Waals surface area contributed by atoms with E-state index in [9.17, 15) is 4.79 Å². The fraction of sp³-hybridized carbons (Fsp3) is 0.700. The van der Waals surface area contributed by atoms with E-state index in [1.807, 2.05) is 20.8 Å². The lowest BCUT2D eigenvalue weighted by Crippen LogP contribution is -2.37. The molecule has 0 saturated heterocycles. The van der Waals surface area contributed by atoms with Gasteiger partial charge in [0.15, 0.2) is 6.23 Å². The van der Waals surface area contributed by atoms with Crippen molar-refractivity contribution in [2.24, 2.45) is 0 Å². The zero-order chi connectivity index (χ0) is 10.3. The average molecular weight is 185 g/mol. The van der Waals surface area contributed by atoms with Crippen molar-refractivity contribution in [3.05, 3.63) is 12.7 Å². The van der Waals surface area contributed by atoms with Gasteiger partial charge >= 0.3 is 5.97 Å². The molecule has 0 rings (SSSR count). The Morgan fingerprint density at radius 2 is 2.00 bits per heavy atom. The van der Waals surface area contributed by atoms with Crippen LogP contribution >= 0.6 is 0 Å². The summed E-state index contributed by atoms with van der Waals surface area (Å²) in [5.74, 6) is -0.348. The summed E-state index contributed by atoms with van der Waals surface area (Å²) in [6.07, 6.45) is 1.90. The number of hydrogen-bond acceptors (Lipinski definition) is 3. The van der Waals surface area contributed by atoms with E-state index >= 15 is 0 Å². The van der Waals surface area contributed by atoms with Gasteiger partial charge in [-0.1, -0.05) is 27.4 Å². The Morgan fingerprint density at radius 1 is 1.46 bits per heavy atom. The molecule has 3 nitrogen and oxygen atoms in total. The predicted octanol–water partition coefficient (Wildman–Crippen LogP) is 1.79. The molecule has 0 bridgehead atoms. The first-order valence-corrected chi connectivity index (χ1v) is 4.76. The van der Waals surface area contributed by atoms with Crippen molar-refractivity contribution in [2.75, 3.05) is 13.1 Å². The molecule has 0 aromatic rings. The average Bonchev–Trinajstić information content (AvgIpc) is 2.17. The highest BCUT2D eigenvalue weighted by molar-refractivity contribution is 5.81. The van der Waals surface area contributed by atoms with Crippen LogP contribution in [0.25, 0.3) is 0 Å². The van der Waals surface area contributed by atoms with Gasteiger partial charge in [0.2, 0.25) is 0 Å². The summed E-state index contributed by atoms with van der Waals surface area (Å²) < 4.78 is 5.16. The monoisotopic (exact) mass is 185 g/mol. The van der Waals surface area contributed by atoms with Gasteiger partial charge in [-0.2, -0.15) is 0 Å². The number of carbonyl (C=O) groups is 1. The van der Waals surface area contributed by atoms with E-state index < -0.39 is 0 Å². The van der Waals surface area contributed by atoms with E-state index in [1.165, 1.54) is 6.08 Å². The molecule has 0 radical (unpaired) electrons. The highest BCUT2D eigenvalue weighted by Crippen LogP contribution is 2.05. The predicted molar refractivity (Wildman–Crippen MR) is 53.3 cm³/mol. The second kappa shape index (κ2) is 6.66. The maximum Gasteiger partial charge on any atom is 0.331 e.